The second-order valence-corrected chi connectivity index (χ2v) is 5.71. The topological polar surface area (TPSA) is 84.4 Å². The Labute approximate surface area is 118 Å². The molecule has 1 unspecified atom stereocenters. The van der Waals surface area contributed by atoms with Crippen molar-refractivity contribution in [2.24, 2.45) is 0 Å². The summed E-state index contributed by atoms with van der Waals surface area (Å²) >= 11 is 0. The monoisotopic (exact) mass is 282 g/mol. The van der Waals surface area contributed by atoms with E-state index >= 15 is 0 Å². The van der Waals surface area contributed by atoms with Gasteiger partial charge in [-0.25, -0.2) is 0 Å². The van der Waals surface area contributed by atoms with Crippen LogP contribution in [0.1, 0.15) is 33.1 Å². The molecule has 1 aromatic heterocycles. The van der Waals surface area contributed by atoms with Crippen LogP contribution in [0.2, 0.25) is 0 Å². The number of hydrogen-bond acceptors (Lipinski definition) is 5. The van der Waals surface area contributed by atoms with E-state index < -0.39 is 11.0 Å². The molecule has 1 aliphatic carbocycles. The molecule has 1 saturated carbocycles. The lowest BCUT2D eigenvalue weighted by atomic mass is 9.90. The van der Waals surface area contributed by atoms with Crippen molar-refractivity contribution in [2.45, 2.75) is 57.8 Å². The van der Waals surface area contributed by atoms with Crippen LogP contribution in [0.25, 0.3) is 0 Å². The highest BCUT2D eigenvalue weighted by Crippen LogP contribution is 2.26. The maximum atomic E-state index is 10.6. The Bertz CT molecular complexity index is 456. The first-order chi connectivity index (χ1) is 9.47. The van der Waals surface area contributed by atoms with Crippen LogP contribution in [0, 0.1) is 10.1 Å². The Morgan fingerprint density at radius 1 is 1.60 bits per heavy atom. The molecule has 1 heterocycles. The highest BCUT2D eigenvalue weighted by molar-refractivity contribution is 5.20. The van der Waals surface area contributed by atoms with E-state index in [2.05, 4.69) is 23.8 Å². The molecule has 1 atom stereocenters. The third-order valence-electron chi connectivity index (χ3n) is 3.86. The van der Waals surface area contributed by atoms with Gasteiger partial charge in [-0.1, -0.05) is 6.42 Å². The van der Waals surface area contributed by atoms with Gasteiger partial charge in [0.1, 0.15) is 12.4 Å². The summed E-state index contributed by atoms with van der Waals surface area (Å²) in [5.74, 6) is 0. The summed E-state index contributed by atoms with van der Waals surface area (Å²) < 4.78 is 1.43. The SMILES string of the molecule is CC(C)N(CC(O)Cn1cc([N+](=O)[O-])cn1)C1CCC1. The smallest absolute Gasteiger partial charge is 0.306 e. The van der Waals surface area contributed by atoms with Gasteiger partial charge in [0.05, 0.1) is 17.6 Å². The number of hydrogen-bond donors (Lipinski definition) is 1. The zero-order valence-corrected chi connectivity index (χ0v) is 12.0. The Hall–Kier alpha value is -1.47. The number of nitrogens with zero attached hydrogens (tertiary/aromatic N) is 4. The van der Waals surface area contributed by atoms with Gasteiger partial charge < -0.3 is 5.11 Å². The highest BCUT2D eigenvalue weighted by atomic mass is 16.6. The molecular formula is C13H22N4O3. The van der Waals surface area contributed by atoms with Gasteiger partial charge in [-0.3, -0.25) is 19.7 Å². The summed E-state index contributed by atoms with van der Waals surface area (Å²) in [7, 11) is 0. The molecule has 0 aromatic carbocycles. The van der Waals surface area contributed by atoms with Crippen LogP contribution in [-0.4, -0.2) is 49.4 Å². The highest BCUT2D eigenvalue weighted by Gasteiger charge is 2.28. The number of aromatic nitrogens is 2. The molecule has 0 amide bonds. The van der Waals surface area contributed by atoms with E-state index in [1.54, 1.807) is 0 Å². The average Bonchev–Trinajstić information content (AvgIpc) is 2.74. The number of aliphatic hydroxyl groups excluding tert-OH is 1. The fraction of sp³-hybridized carbons (Fsp3) is 0.769. The predicted octanol–water partition coefficient (Wildman–Crippen LogP) is 1.42. The molecule has 1 aliphatic rings. The van der Waals surface area contributed by atoms with Gasteiger partial charge in [0.15, 0.2) is 0 Å². The molecular weight excluding hydrogens is 260 g/mol. The van der Waals surface area contributed by atoms with Crippen molar-refractivity contribution in [3.8, 4) is 0 Å². The Balaban J connectivity index is 1.89. The van der Waals surface area contributed by atoms with Crippen LogP contribution >= 0.6 is 0 Å². The first-order valence-corrected chi connectivity index (χ1v) is 7.08. The lowest BCUT2D eigenvalue weighted by molar-refractivity contribution is -0.385. The standard InChI is InChI=1S/C13H22N4O3/c1-10(2)16(11-4-3-5-11)9-13(18)8-15-7-12(6-14-15)17(19)20/h6-7,10-11,13,18H,3-5,8-9H2,1-2H3. The Morgan fingerprint density at radius 2 is 2.30 bits per heavy atom. The zero-order chi connectivity index (χ0) is 14.7. The van der Waals surface area contributed by atoms with Crippen molar-refractivity contribution in [3.63, 3.8) is 0 Å². The Morgan fingerprint density at radius 3 is 2.75 bits per heavy atom. The van der Waals surface area contributed by atoms with E-state index in [4.69, 9.17) is 0 Å². The molecule has 0 spiro atoms. The van der Waals surface area contributed by atoms with E-state index in [1.165, 1.54) is 36.3 Å². The number of rotatable bonds is 7. The van der Waals surface area contributed by atoms with Crippen molar-refractivity contribution >= 4 is 5.69 Å². The summed E-state index contributed by atoms with van der Waals surface area (Å²) in [6.45, 7) is 5.12. The summed E-state index contributed by atoms with van der Waals surface area (Å²) in [4.78, 5) is 12.4. The second kappa shape index (κ2) is 6.32. The van der Waals surface area contributed by atoms with E-state index in [-0.39, 0.29) is 12.2 Å². The minimum absolute atomic E-state index is 0.0445. The molecule has 1 N–H and O–H groups in total. The Kier molecular flexibility index (Phi) is 4.72. The molecule has 112 valence electrons. The number of nitro groups is 1. The summed E-state index contributed by atoms with van der Waals surface area (Å²) in [5.41, 5.74) is -0.0445. The van der Waals surface area contributed by atoms with Crippen LogP contribution in [0.3, 0.4) is 0 Å². The van der Waals surface area contributed by atoms with Gasteiger partial charge in [-0.15, -0.1) is 0 Å². The summed E-state index contributed by atoms with van der Waals surface area (Å²) in [6.07, 6.45) is 5.63. The molecule has 2 rings (SSSR count). The molecule has 0 bridgehead atoms. The van der Waals surface area contributed by atoms with Crippen molar-refractivity contribution in [2.75, 3.05) is 6.54 Å². The first kappa shape index (κ1) is 14.9. The van der Waals surface area contributed by atoms with Gasteiger partial charge in [-0.2, -0.15) is 5.10 Å². The molecule has 1 fully saturated rings. The van der Waals surface area contributed by atoms with Crippen molar-refractivity contribution < 1.29 is 10.0 Å². The number of aliphatic hydroxyl groups is 1. The van der Waals surface area contributed by atoms with E-state index in [9.17, 15) is 15.2 Å². The van der Waals surface area contributed by atoms with Crippen molar-refractivity contribution in [1.29, 1.82) is 0 Å². The van der Waals surface area contributed by atoms with Crippen molar-refractivity contribution in [3.05, 3.63) is 22.5 Å². The van der Waals surface area contributed by atoms with Crippen LogP contribution < -0.4 is 0 Å². The lowest BCUT2D eigenvalue weighted by Crippen LogP contribution is -2.48. The maximum Gasteiger partial charge on any atom is 0.306 e. The first-order valence-electron chi connectivity index (χ1n) is 7.08. The summed E-state index contributed by atoms with van der Waals surface area (Å²) in [5, 5.41) is 24.7. The third-order valence-corrected chi connectivity index (χ3v) is 3.86. The van der Waals surface area contributed by atoms with Crippen LogP contribution in [0.15, 0.2) is 12.4 Å². The van der Waals surface area contributed by atoms with Crippen LogP contribution in [-0.2, 0) is 6.54 Å². The summed E-state index contributed by atoms with van der Waals surface area (Å²) in [6, 6.07) is 0.957. The zero-order valence-electron chi connectivity index (χ0n) is 12.0. The largest absolute Gasteiger partial charge is 0.390 e. The minimum Gasteiger partial charge on any atom is -0.390 e. The van der Waals surface area contributed by atoms with Gasteiger partial charge in [0.2, 0.25) is 0 Å². The van der Waals surface area contributed by atoms with Gasteiger partial charge in [0.25, 0.3) is 0 Å². The van der Waals surface area contributed by atoms with E-state index in [0.29, 0.717) is 18.6 Å². The molecule has 0 aliphatic heterocycles. The quantitative estimate of drug-likeness (QED) is 0.604. The molecule has 7 heteroatoms. The molecule has 20 heavy (non-hydrogen) atoms. The normalized spacial score (nSPS) is 17.4. The third kappa shape index (κ3) is 3.55. The average molecular weight is 282 g/mol. The molecule has 0 saturated heterocycles. The fourth-order valence-corrected chi connectivity index (χ4v) is 2.56. The van der Waals surface area contributed by atoms with Crippen LogP contribution in [0.4, 0.5) is 5.69 Å². The molecule has 0 radical (unpaired) electrons. The van der Waals surface area contributed by atoms with Gasteiger partial charge in [-0.05, 0) is 26.7 Å². The van der Waals surface area contributed by atoms with Crippen LogP contribution in [0.5, 0.6) is 0 Å². The van der Waals surface area contributed by atoms with Gasteiger partial charge in [0, 0.05) is 18.6 Å². The van der Waals surface area contributed by atoms with E-state index in [0.717, 1.165) is 0 Å². The molecule has 1 aromatic rings. The van der Waals surface area contributed by atoms with Crippen molar-refractivity contribution in [1.82, 2.24) is 14.7 Å². The van der Waals surface area contributed by atoms with Gasteiger partial charge >= 0.3 is 5.69 Å². The lowest BCUT2D eigenvalue weighted by Gasteiger charge is -2.41. The second-order valence-electron chi connectivity index (χ2n) is 5.71. The minimum atomic E-state index is -0.572. The molecule has 7 nitrogen and oxygen atoms in total. The maximum absolute atomic E-state index is 10.6. The fourth-order valence-electron chi connectivity index (χ4n) is 2.56. The van der Waals surface area contributed by atoms with E-state index in [1.807, 2.05) is 0 Å². The predicted molar refractivity (Wildman–Crippen MR) is 74.4 cm³/mol.